The molecule has 0 aromatic heterocycles. The van der Waals surface area contributed by atoms with Gasteiger partial charge in [0.2, 0.25) is 0 Å². The summed E-state index contributed by atoms with van der Waals surface area (Å²) in [5, 5.41) is 3.52. The van der Waals surface area contributed by atoms with E-state index in [-0.39, 0.29) is 0 Å². The van der Waals surface area contributed by atoms with E-state index < -0.39 is 0 Å². The lowest BCUT2D eigenvalue weighted by molar-refractivity contribution is 0.0699. The molecule has 0 aromatic rings. The monoisotopic (exact) mass is 294 g/mol. The highest BCUT2D eigenvalue weighted by Gasteiger charge is 2.36. The van der Waals surface area contributed by atoms with Gasteiger partial charge in [-0.3, -0.25) is 0 Å². The van der Waals surface area contributed by atoms with Gasteiger partial charge in [0.15, 0.2) is 0 Å². The fourth-order valence-electron chi connectivity index (χ4n) is 4.74. The molecule has 0 aromatic carbocycles. The summed E-state index contributed by atoms with van der Waals surface area (Å²) in [5.41, 5.74) is 0.709. The summed E-state index contributed by atoms with van der Waals surface area (Å²) in [6.07, 6.45) is 14.4. The number of nitrogens with one attached hydrogen (secondary N) is 1. The van der Waals surface area contributed by atoms with Crippen molar-refractivity contribution >= 4 is 0 Å². The second kappa shape index (κ2) is 7.43. The molecule has 3 heteroatoms. The molecule has 1 spiro atoms. The highest BCUT2D eigenvalue weighted by atomic mass is 16.5. The van der Waals surface area contributed by atoms with E-state index in [1.165, 1.54) is 83.8 Å². The summed E-state index contributed by atoms with van der Waals surface area (Å²) < 4.78 is 5.73. The van der Waals surface area contributed by atoms with Crippen LogP contribution in [0.15, 0.2) is 0 Å². The minimum atomic E-state index is 0.572. The predicted molar refractivity (Wildman–Crippen MR) is 87.6 cm³/mol. The van der Waals surface area contributed by atoms with Crippen molar-refractivity contribution in [3.05, 3.63) is 0 Å². The van der Waals surface area contributed by atoms with Crippen LogP contribution in [0.2, 0.25) is 0 Å². The van der Waals surface area contributed by atoms with Crippen LogP contribution in [0.5, 0.6) is 0 Å². The van der Waals surface area contributed by atoms with Crippen LogP contribution in [0.1, 0.15) is 64.2 Å². The summed E-state index contributed by atoms with van der Waals surface area (Å²) in [5.74, 6) is 0. The molecule has 2 aliphatic heterocycles. The number of hydrogen-bond donors (Lipinski definition) is 1. The molecule has 1 aliphatic carbocycles. The molecule has 2 heterocycles. The van der Waals surface area contributed by atoms with Crippen molar-refractivity contribution in [2.45, 2.75) is 76.4 Å². The zero-order valence-corrected chi connectivity index (χ0v) is 13.9. The van der Waals surface area contributed by atoms with Crippen molar-refractivity contribution in [1.29, 1.82) is 0 Å². The molecule has 0 bridgehead atoms. The first kappa shape index (κ1) is 15.8. The Bertz CT molecular complexity index is 298. The van der Waals surface area contributed by atoms with Gasteiger partial charge < -0.3 is 15.0 Å². The Morgan fingerprint density at radius 3 is 2.52 bits per heavy atom. The number of ether oxygens (including phenoxy) is 1. The molecule has 1 saturated carbocycles. The zero-order valence-electron chi connectivity index (χ0n) is 13.9. The van der Waals surface area contributed by atoms with Gasteiger partial charge in [0.1, 0.15) is 0 Å². The number of nitrogens with zero attached hydrogens (tertiary/aromatic N) is 1. The Labute approximate surface area is 130 Å². The lowest BCUT2D eigenvalue weighted by Crippen LogP contribution is -2.43. The van der Waals surface area contributed by atoms with Crippen LogP contribution in [0.25, 0.3) is 0 Å². The van der Waals surface area contributed by atoms with E-state index in [4.69, 9.17) is 4.74 Å². The molecule has 21 heavy (non-hydrogen) atoms. The molecule has 1 atom stereocenters. The smallest absolute Gasteiger partial charge is 0.0576 e. The Kier molecular flexibility index (Phi) is 5.58. The van der Waals surface area contributed by atoms with Crippen LogP contribution >= 0.6 is 0 Å². The molecule has 0 radical (unpaired) electrons. The van der Waals surface area contributed by atoms with Gasteiger partial charge in [0, 0.05) is 12.6 Å². The first-order valence-corrected chi connectivity index (χ1v) is 9.30. The molecule has 2 saturated heterocycles. The van der Waals surface area contributed by atoms with E-state index in [2.05, 4.69) is 17.3 Å². The van der Waals surface area contributed by atoms with E-state index in [0.29, 0.717) is 11.5 Å². The van der Waals surface area contributed by atoms with Gasteiger partial charge in [0.05, 0.1) is 6.10 Å². The average molecular weight is 294 g/mol. The molecule has 3 nitrogen and oxygen atoms in total. The van der Waals surface area contributed by atoms with Gasteiger partial charge in [-0.05, 0) is 96.3 Å². The first-order chi connectivity index (χ1) is 10.3. The van der Waals surface area contributed by atoms with Gasteiger partial charge in [0.25, 0.3) is 0 Å². The quantitative estimate of drug-likeness (QED) is 0.843. The fourth-order valence-corrected chi connectivity index (χ4v) is 4.74. The maximum atomic E-state index is 5.73. The number of hydrogen-bond acceptors (Lipinski definition) is 3. The SMILES string of the molecule is CN(CCCC1CCCO1)C1CCC2(CCNCC2)CC1. The molecule has 3 aliphatic rings. The molecular weight excluding hydrogens is 260 g/mol. The Morgan fingerprint density at radius 1 is 1.10 bits per heavy atom. The van der Waals surface area contributed by atoms with E-state index in [1.807, 2.05) is 0 Å². The molecular formula is C18H34N2O. The predicted octanol–water partition coefficient (Wildman–Crippen LogP) is 3.19. The molecule has 3 rings (SSSR count). The third kappa shape index (κ3) is 4.20. The Balaban J connectivity index is 1.35. The van der Waals surface area contributed by atoms with Crippen molar-refractivity contribution < 1.29 is 4.74 Å². The van der Waals surface area contributed by atoms with Gasteiger partial charge in [-0.25, -0.2) is 0 Å². The maximum absolute atomic E-state index is 5.73. The largest absolute Gasteiger partial charge is 0.378 e. The number of rotatable bonds is 5. The van der Waals surface area contributed by atoms with Crippen molar-refractivity contribution in [3.63, 3.8) is 0 Å². The van der Waals surface area contributed by atoms with Crippen molar-refractivity contribution in [2.75, 3.05) is 33.3 Å². The van der Waals surface area contributed by atoms with Crippen LogP contribution in [0.4, 0.5) is 0 Å². The third-order valence-electron chi connectivity index (χ3n) is 6.36. The average Bonchev–Trinajstić information content (AvgIpc) is 3.02. The molecule has 122 valence electrons. The topological polar surface area (TPSA) is 24.5 Å². The van der Waals surface area contributed by atoms with Gasteiger partial charge in [-0.15, -0.1) is 0 Å². The highest BCUT2D eigenvalue weighted by Crippen LogP contribution is 2.44. The second-order valence-corrected chi connectivity index (χ2v) is 7.74. The van der Waals surface area contributed by atoms with Crippen LogP contribution in [-0.2, 0) is 4.74 Å². The minimum absolute atomic E-state index is 0.572. The summed E-state index contributed by atoms with van der Waals surface area (Å²) in [7, 11) is 2.35. The Hall–Kier alpha value is -0.120. The second-order valence-electron chi connectivity index (χ2n) is 7.74. The van der Waals surface area contributed by atoms with E-state index >= 15 is 0 Å². The Morgan fingerprint density at radius 2 is 1.86 bits per heavy atom. The lowest BCUT2D eigenvalue weighted by Gasteiger charge is -2.45. The van der Waals surface area contributed by atoms with E-state index in [0.717, 1.165) is 12.6 Å². The van der Waals surface area contributed by atoms with Gasteiger partial charge in [-0.2, -0.15) is 0 Å². The lowest BCUT2D eigenvalue weighted by atomic mass is 9.67. The standard InChI is InChI=1S/C18H34N2O/c1-20(14-2-4-17-5-3-15-21-17)16-6-8-18(9-7-16)10-12-19-13-11-18/h16-17,19H,2-15H2,1H3. The van der Waals surface area contributed by atoms with Crippen molar-refractivity contribution in [1.82, 2.24) is 10.2 Å². The molecule has 3 fully saturated rings. The summed E-state index contributed by atoms with van der Waals surface area (Å²) in [6, 6.07) is 0.843. The van der Waals surface area contributed by atoms with E-state index in [1.54, 1.807) is 0 Å². The van der Waals surface area contributed by atoms with Crippen LogP contribution in [-0.4, -0.2) is 50.3 Å². The molecule has 0 amide bonds. The van der Waals surface area contributed by atoms with Crippen LogP contribution in [0, 0.1) is 5.41 Å². The summed E-state index contributed by atoms with van der Waals surface area (Å²) in [6.45, 7) is 4.77. The minimum Gasteiger partial charge on any atom is -0.378 e. The zero-order chi connectivity index (χ0) is 14.5. The highest BCUT2D eigenvalue weighted by molar-refractivity contribution is 4.91. The van der Waals surface area contributed by atoms with Gasteiger partial charge >= 0.3 is 0 Å². The molecule has 1 unspecified atom stereocenters. The van der Waals surface area contributed by atoms with Gasteiger partial charge in [-0.1, -0.05) is 0 Å². The maximum Gasteiger partial charge on any atom is 0.0576 e. The third-order valence-corrected chi connectivity index (χ3v) is 6.36. The summed E-state index contributed by atoms with van der Waals surface area (Å²) >= 11 is 0. The van der Waals surface area contributed by atoms with E-state index in [9.17, 15) is 0 Å². The van der Waals surface area contributed by atoms with Crippen molar-refractivity contribution in [3.8, 4) is 0 Å². The number of piperidine rings is 1. The van der Waals surface area contributed by atoms with Crippen molar-refractivity contribution in [2.24, 2.45) is 5.41 Å². The molecule has 1 N–H and O–H groups in total. The van der Waals surface area contributed by atoms with Crippen LogP contribution < -0.4 is 5.32 Å². The summed E-state index contributed by atoms with van der Waals surface area (Å²) in [4.78, 5) is 2.64. The normalized spacial score (nSPS) is 30.3. The van der Waals surface area contributed by atoms with Crippen LogP contribution in [0.3, 0.4) is 0 Å². The first-order valence-electron chi connectivity index (χ1n) is 9.30. The fraction of sp³-hybridized carbons (Fsp3) is 1.00.